The van der Waals surface area contributed by atoms with Crippen LogP contribution in [-0.4, -0.2) is 11.5 Å². The van der Waals surface area contributed by atoms with Gasteiger partial charge in [0.1, 0.15) is 0 Å². The molecule has 1 aliphatic carbocycles. The number of aromatic nitrogens is 1. The molecule has 1 aromatic rings. The van der Waals surface area contributed by atoms with Gasteiger partial charge >= 0.3 is 0 Å². The molecule has 0 bridgehead atoms. The van der Waals surface area contributed by atoms with Crippen LogP contribution in [0.25, 0.3) is 0 Å². The van der Waals surface area contributed by atoms with Crippen LogP contribution in [0.4, 0.5) is 0 Å². The van der Waals surface area contributed by atoms with E-state index < -0.39 is 0 Å². The lowest BCUT2D eigenvalue weighted by atomic mass is 9.85. The van der Waals surface area contributed by atoms with Gasteiger partial charge < -0.3 is 5.32 Å². The lowest BCUT2D eigenvalue weighted by Crippen LogP contribution is -2.26. The molecule has 1 N–H and O–H groups in total. The van der Waals surface area contributed by atoms with Crippen molar-refractivity contribution in [3.05, 3.63) is 16.1 Å². The third kappa shape index (κ3) is 3.02. The second kappa shape index (κ2) is 5.08. The van der Waals surface area contributed by atoms with Crippen molar-refractivity contribution >= 4 is 11.3 Å². The Balaban J connectivity index is 1.72. The van der Waals surface area contributed by atoms with E-state index in [1.165, 1.54) is 36.5 Å². The molecule has 1 fully saturated rings. The van der Waals surface area contributed by atoms with Crippen LogP contribution in [0.15, 0.2) is 5.38 Å². The Hall–Kier alpha value is -0.410. The van der Waals surface area contributed by atoms with Gasteiger partial charge in [0.2, 0.25) is 0 Å². The fraction of sp³-hybridized carbons (Fsp3) is 0.750. The zero-order chi connectivity index (χ0) is 10.7. The van der Waals surface area contributed by atoms with E-state index in [0.29, 0.717) is 5.92 Å². The van der Waals surface area contributed by atoms with Crippen molar-refractivity contribution in [2.24, 2.45) is 5.92 Å². The van der Waals surface area contributed by atoms with Crippen LogP contribution in [0.2, 0.25) is 0 Å². The smallest absolute Gasteiger partial charge is 0.0954 e. The van der Waals surface area contributed by atoms with Gasteiger partial charge in [-0.05, 0) is 25.3 Å². The molecule has 1 heterocycles. The second-order valence-electron chi connectivity index (χ2n) is 4.76. The average Bonchev–Trinajstić information content (AvgIpc) is 2.57. The molecule has 2 rings (SSSR count). The Morgan fingerprint density at radius 1 is 1.53 bits per heavy atom. The molecule has 84 valence electrons. The molecule has 15 heavy (non-hydrogen) atoms. The first-order valence-corrected chi connectivity index (χ1v) is 6.78. The lowest BCUT2D eigenvalue weighted by Gasteiger charge is -2.25. The SMILES string of the molecule is CC(C)c1nc(CNCC2CCC2)cs1. The Bertz CT molecular complexity index is 302. The average molecular weight is 224 g/mol. The summed E-state index contributed by atoms with van der Waals surface area (Å²) in [4.78, 5) is 4.61. The summed E-state index contributed by atoms with van der Waals surface area (Å²) in [5.74, 6) is 1.50. The van der Waals surface area contributed by atoms with Gasteiger partial charge in [-0.25, -0.2) is 4.98 Å². The molecule has 0 aromatic carbocycles. The predicted octanol–water partition coefficient (Wildman–Crippen LogP) is 3.16. The zero-order valence-corrected chi connectivity index (χ0v) is 10.4. The van der Waals surface area contributed by atoms with E-state index in [1.807, 2.05) is 0 Å². The van der Waals surface area contributed by atoms with Crippen LogP contribution in [0.3, 0.4) is 0 Å². The molecule has 0 saturated heterocycles. The molecule has 1 aliphatic rings. The van der Waals surface area contributed by atoms with Gasteiger partial charge in [0.25, 0.3) is 0 Å². The van der Waals surface area contributed by atoms with E-state index in [-0.39, 0.29) is 0 Å². The normalized spacial score (nSPS) is 17.0. The van der Waals surface area contributed by atoms with Gasteiger partial charge in [-0.1, -0.05) is 20.3 Å². The van der Waals surface area contributed by atoms with Crippen molar-refractivity contribution in [1.29, 1.82) is 0 Å². The first-order valence-electron chi connectivity index (χ1n) is 5.90. The molecule has 0 amide bonds. The number of thiazole rings is 1. The van der Waals surface area contributed by atoms with Crippen molar-refractivity contribution in [3.8, 4) is 0 Å². The van der Waals surface area contributed by atoms with Crippen LogP contribution in [0.5, 0.6) is 0 Å². The summed E-state index contributed by atoms with van der Waals surface area (Å²) in [6.45, 7) is 6.52. The molecule has 0 atom stereocenters. The maximum atomic E-state index is 4.61. The van der Waals surface area contributed by atoms with Crippen molar-refractivity contribution in [2.75, 3.05) is 6.54 Å². The standard InChI is InChI=1S/C12H20N2S/c1-9(2)12-14-11(8-15-12)7-13-6-10-4-3-5-10/h8-10,13H,3-7H2,1-2H3. The minimum absolute atomic E-state index is 0.565. The van der Waals surface area contributed by atoms with Crippen molar-refractivity contribution in [1.82, 2.24) is 10.3 Å². The fourth-order valence-corrected chi connectivity index (χ4v) is 2.61. The van der Waals surface area contributed by atoms with Gasteiger partial charge in [-0.2, -0.15) is 0 Å². The van der Waals surface area contributed by atoms with Gasteiger partial charge in [0.05, 0.1) is 10.7 Å². The molecule has 1 saturated carbocycles. The van der Waals surface area contributed by atoms with Gasteiger partial charge in [-0.15, -0.1) is 11.3 Å². The number of rotatable bonds is 5. The topological polar surface area (TPSA) is 24.9 Å². The van der Waals surface area contributed by atoms with E-state index in [9.17, 15) is 0 Å². The summed E-state index contributed by atoms with van der Waals surface area (Å²) >= 11 is 1.79. The highest BCUT2D eigenvalue weighted by molar-refractivity contribution is 7.09. The van der Waals surface area contributed by atoms with Crippen LogP contribution in [0, 0.1) is 5.92 Å². The first-order chi connectivity index (χ1) is 7.25. The molecule has 0 spiro atoms. The van der Waals surface area contributed by atoms with Crippen LogP contribution >= 0.6 is 11.3 Å². The van der Waals surface area contributed by atoms with Gasteiger partial charge in [0, 0.05) is 17.8 Å². The van der Waals surface area contributed by atoms with Gasteiger partial charge in [-0.3, -0.25) is 0 Å². The highest BCUT2D eigenvalue weighted by atomic mass is 32.1. The van der Waals surface area contributed by atoms with E-state index in [4.69, 9.17) is 0 Å². The number of hydrogen-bond acceptors (Lipinski definition) is 3. The van der Waals surface area contributed by atoms with Crippen LogP contribution in [-0.2, 0) is 6.54 Å². The Labute approximate surface area is 96.1 Å². The second-order valence-corrected chi connectivity index (χ2v) is 5.65. The van der Waals surface area contributed by atoms with E-state index >= 15 is 0 Å². The summed E-state index contributed by atoms with van der Waals surface area (Å²) in [5.41, 5.74) is 1.21. The quantitative estimate of drug-likeness (QED) is 0.831. The van der Waals surface area contributed by atoms with Crippen molar-refractivity contribution in [2.45, 2.75) is 45.6 Å². The van der Waals surface area contributed by atoms with Crippen LogP contribution in [0.1, 0.15) is 49.7 Å². The Morgan fingerprint density at radius 2 is 2.33 bits per heavy atom. The molecular weight excluding hydrogens is 204 g/mol. The molecule has 0 aliphatic heterocycles. The minimum Gasteiger partial charge on any atom is -0.311 e. The number of nitrogens with zero attached hydrogens (tertiary/aromatic N) is 1. The fourth-order valence-electron chi connectivity index (χ4n) is 1.77. The monoisotopic (exact) mass is 224 g/mol. The highest BCUT2D eigenvalue weighted by Crippen LogP contribution is 2.25. The Kier molecular flexibility index (Phi) is 3.76. The Morgan fingerprint density at radius 3 is 2.87 bits per heavy atom. The maximum absolute atomic E-state index is 4.61. The largest absolute Gasteiger partial charge is 0.311 e. The molecule has 0 radical (unpaired) electrons. The number of nitrogens with one attached hydrogen (secondary N) is 1. The first kappa shape index (κ1) is 11.1. The molecule has 3 heteroatoms. The zero-order valence-electron chi connectivity index (χ0n) is 9.62. The third-order valence-electron chi connectivity index (χ3n) is 3.03. The van der Waals surface area contributed by atoms with E-state index in [2.05, 4.69) is 29.5 Å². The predicted molar refractivity (Wildman–Crippen MR) is 65.3 cm³/mol. The van der Waals surface area contributed by atoms with Gasteiger partial charge in [0.15, 0.2) is 0 Å². The van der Waals surface area contributed by atoms with Crippen molar-refractivity contribution in [3.63, 3.8) is 0 Å². The van der Waals surface area contributed by atoms with Crippen molar-refractivity contribution < 1.29 is 0 Å². The van der Waals surface area contributed by atoms with Crippen LogP contribution < -0.4 is 5.32 Å². The highest BCUT2D eigenvalue weighted by Gasteiger charge is 2.16. The summed E-state index contributed by atoms with van der Waals surface area (Å²) in [5, 5.41) is 6.94. The summed E-state index contributed by atoms with van der Waals surface area (Å²) in [6.07, 6.45) is 4.27. The maximum Gasteiger partial charge on any atom is 0.0954 e. The minimum atomic E-state index is 0.565. The molecule has 2 nitrogen and oxygen atoms in total. The molecular formula is C12H20N2S. The van der Waals surface area contributed by atoms with E-state index in [0.717, 1.165) is 12.5 Å². The lowest BCUT2D eigenvalue weighted by molar-refractivity contribution is 0.301. The number of hydrogen-bond donors (Lipinski definition) is 1. The summed E-state index contributed by atoms with van der Waals surface area (Å²) < 4.78 is 0. The summed E-state index contributed by atoms with van der Waals surface area (Å²) in [6, 6.07) is 0. The van der Waals surface area contributed by atoms with E-state index in [1.54, 1.807) is 11.3 Å². The molecule has 1 aromatic heterocycles. The third-order valence-corrected chi connectivity index (χ3v) is 4.22. The summed E-state index contributed by atoms with van der Waals surface area (Å²) in [7, 11) is 0. The molecule has 0 unspecified atom stereocenters.